The maximum absolute atomic E-state index is 12.0. The van der Waals surface area contributed by atoms with Crippen LogP contribution in [0, 0.1) is 0 Å². The molecule has 0 unspecified atom stereocenters. The van der Waals surface area contributed by atoms with Gasteiger partial charge in [-0.1, -0.05) is 13.3 Å². The quantitative estimate of drug-likeness (QED) is 0.377. The van der Waals surface area contributed by atoms with E-state index in [0.29, 0.717) is 12.4 Å². The van der Waals surface area contributed by atoms with Crippen LogP contribution >= 0.6 is 0 Å². The maximum Gasteiger partial charge on any atom is 0.261 e. The first-order valence-corrected chi connectivity index (χ1v) is 8.08. The van der Waals surface area contributed by atoms with E-state index >= 15 is 0 Å². The number of hydroxylamine groups is 1. The molecule has 118 valence electrons. The molecule has 1 rings (SSSR count). The van der Waals surface area contributed by atoms with E-state index in [1.54, 1.807) is 12.1 Å². The van der Waals surface area contributed by atoms with Gasteiger partial charge in [-0.3, -0.25) is 10.0 Å². The van der Waals surface area contributed by atoms with E-state index < -0.39 is 22.0 Å². The first kappa shape index (κ1) is 17.4. The van der Waals surface area contributed by atoms with Crippen LogP contribution in [0.1, 0.15) is 26.7 Å². The van der Waals surface area contributed by atoms with Gasteiger partial charge < -0.3 is 4.74 Å². The average Bonchev–Trinajstić information content (AvgIpc) is 2.46. The standard InChI is InChI=1S/C13H20N2O5S/c1-3-4-9-20-11-5-7-12(8-6-11)21(18,19)15-10(2)13(16)14-17/h5-8,10,15,17H,3-4,9H2,1-2H3,(H,14,16)/t10-/m1/s1. The Morgan fingerprint density at radius 3 is 2.48 bits per heavy atom. The molecule has 0 fully saturated rings. The summed E-state index contributed by atoms with van der Waals surface area (Å²) in [5.74, 6) is -0.248. The average molecular weight is 316 g/mol. The molecule has 0 radical (unpaired) electrons. The number of ether oxygens (including phenoxy) is 1. The molecule has 0 aliphatic carbocycles. The molecular weight excluding hydrogens is 296 g/mol. The number of amides is 1. The first-order valence-electron chi connectivity index (χ1n) is 6.60. The zero-order valence-corrected chi connectivity index (χ0v) is 12.8. The Bertz CT molecular complexity index is 556. The highest BCUT2D eigenvalue weighted by molar-refractivity contribution is 7.89. The van der Waals surface area contributed by atoms with Crippen molar-refractivity contribution in [2.45, 2.75) is 37.6 Å². The van der Waals surface area contributed by atoms with Crippen molar-refractivity contribution < 1.29 is 23.2 Å². The van der Waals surface area contributed by atoms with E-state index in [2.05, 4.69) is 4.72 Å². The molecular formula is C13H20N2O5S. The molecule has 0 aliphatic rings. The smallest absolute Gasteiger partial charge is 0.261 e. The van der Waals surface area contributed by atoms with Crippen LogP contribution in [0.3, 0.4) is 0 Å². The fourth-order valence-corrected chi connectivity index (χ4v) is 2.70. The molecule has 1 aromatic rings. The van der Waals surface area contributed by atoms with E-state index in [4.69, 9.17) is 9.94 Å². The highest BCUT2D eigenvalue weighted by atomic mass is 32.2. The van der Waals surface area contributed by atoms with Gasteiger partial charge in [-0.05, 0) is 37.6 Å². The zero-order valence-electron chi connectivity index (χ0n) is 12.0. The summed E-state index contributed by atoms with van der Waals surface area (Å²) in [6, 6.07) is 4.82. The SMILES string of the molecule is CCCCOc1ccc(S(=O)(=O)N[C@H](C)C(=O)NO)cc1. The molecule has 1 amide bonds. The second kappa shape index (κ2) is 7.96. The van der Waals surface area contributed by atoms with E-state index in [1.807, 2.05) is 6.92 Å². The molecule has 1 aromatic carbocycles. The van der Waals surface area contributed by atoms with Crippen LogP contribution in [0.15, 0.2) is 29.2 Å². The van der Waals surface area contributed by atoms with Crippen molar-refractivity contribution in [3.8, 4) is 5.75 Å². The molecule has 0 heterocycles. The van der Waals surface area contributed by atoms with Gasteiger partial charge in [0.25, 0.3) is 5.91 Å². The number of carbonyl (C=O) groups excluding carboxylic acids is 1. The Balaban J connectivity index is 2.73. The summed E-state index contributed by atoms with van der Waals surface area (Å²) in [6.45, 7) is 3.95. The summed E-state index contributed by atoms with van der Waals surface area (Å²) in [7, 11) is -3.83. The molecule has 0 saturated carbocycles. The second-order valence-corrected chi connectivity index (χ2v) is 6.21. The normalized spacial score (nSPS) is 12.7. The third-order valence-corrected chi connectivity index (χ3v) is 4.29. The predicted molar refractivity (Wildman–Crippen MR) is 76.6 cm³/mol. The van der Waals surface area contributed by atoms with Crippen molar-refractivity contribution in [3.63, 3.8) is 0 Å². The van der Waals surface area contributed by atoms with Crippen LogP contribution < -0.4 is 14.9 Å². The lowest BCUT2D eigenvalue weighted by atomic mass is 10.3. The number of rotatable bonds is 8. The van der Waals surface area contributed by atoms with Gasteiger partial charge in [0.05, 0.1) is 11.5 Å². The van der Waals surface area contributed by atoms with Crippen molar-refractivity contribution in [2.75, 3.05) is 6.61 Å². The van der Waals surface area contributed by atoms with E-state index in [9.17, 15) is 13.2 Å². The van der Waals surface area contributed by atoms with Crippen LogP contribution in [0.4, 0.5) is 0 Å². The van der Waals surface area contributed by atoms with Crippen LogP contribution in [0.25, 0.3) is 0 Å². The molecule has 1 atom stereocenters. The second-order valence-electron chi connectivity index (χ2n) is 4.49. The molecule has 0 spiro atoms. The minimum absolute atomic E-state index is 0.0166. The first-order chi connectivity index (χ1) is 9.90. The van der Waals surface area contributed by atoms with Gasteiger partial charge in [-0.15, -0.1) is 0 Å². The highest BCUT2D eigenvalue weighted by Crippen LogP contribution is 2.16. The summed E-state index contributed by atoms with van der Waals surface area (Å²) >= 11 is 0. The van der Waals surface area contributed by atoms with Crippen molar-refractivity contribution in [3.05, 3.63) is 24.3 Å². The number of carbonyl (C=O) groups is 1. The third kappa shape index (κ3) is 5.33. The van der Waals surface area contributed by atoms with Crippen molar-refractivity contribution in [1.29, 1.82) is 0 Å². The summed E-state index contributed by atoms with van der Waals surface area (Å²) in [6.07, 6.45) is 1.94. The van der Waals surface area contributed by atoms with Crippen LogP contribution in [0.2, 0.25) is 0 Å². The number of sulfonamides is 1. The fraction of sp³-hybridized carbons (Fsp3) is 0.462. The topological polar surface area (TPSA) is 105 Å². The molecule has 0 aromatic heterocycles. The molecule has 7 nitrogen and oxygen atoms in total. The summed E-state index contributed by atoms with van der Waals surface area (Å²) < 4.78 is 31.6. The summed E-state index contributed by atoms with van der Waals surface area (Å²) in [4.78, 5) is 11.1. The molecule has 3 N–H and O–H groups in total. The minimum atomic E-state index is -3.83. The van der Waals surface area contributed by atoms with Crippen molar-refractivity contribution in [2.24, 2.45) is 0 Å². The highest BCUT2D eigenvalue weighted by Gasteiger charge is 2.21. The van der Waals surface area contributed by atoms with Gasteiger partial charge >= 0.3 is 0 Å². The Morgan fingerprint density at radius 2 is 1.95 bits per heavy atom. The molecule has 0 aliphatic heterocycles. The molecule has 0 saturated heterocycles. The lowest BCUT2D eigenvalue weighted by molar-refractivity contribution is -0.130. The van der Waals surface area contributed by atoms with E-state index in [0.717, 1.165) is 12.8 Å². The number of hydrogen-bond acceptors (Lipinski definition) is 5. The van der Waals surface area contributed by atoms with Crippen molar-refractivity contribution >= 4 is 15.9 Å². The Morgan fingerprint density at radius 1 is 1.33 bits per heavy atom. The third-order valence-electron chi connectivity index (χ3n) is 2.74. The number of hydrogen-bond donors (Lipinski definition) is 3. The summed E-state index contributed by atoms with van der Waals surface area (Å²) in [5.41, 5.74) is 1.39. The predicted octanol–water partition coefficient (Wildman–Crippen LogP) is 1.04. The number of nitrogens with one attached hydrogen (secondary N) is 2. The Hall–Kier alpha value is -1.64. The van der Waals surface area contributed by atoms with Gasteiger partial charge in [-0.25, -0.2) is 13.9 Å². The monoisotopic (exact) mass is 316 g/mol. The number of benzene rings is 1. The largest absolute Gasteiger partial charge is 0.494 e. The van der Waals surface area contributed by atoms with Gasteiger partial charge in [0.15, 0.2) is 0 Å². The van der Waals surface area contributed by atoms with Crippen LogP contribution in [-0.2, 0) is 14.8 Å². The fourth-order valence-electron chi connectivity index (χ4n) is 1.50. The molecule has 21 heavy (non-hydrogen) atoms. The van der Waals surface area contributed by atoms with Gasteiger partial charge in [0.2, 0.25) is 10.0 Å². The lowest BCUT2D eigenvalue weighted by Gasteiger charge is -2.12. The Labute approximate surface area is 124 Å². The van der Waals surface area contributed by atoms with E-state index in [1.165, 1.54) is 24.5 Å². The summed E-state index contributed by atoms with van der Waals surface area (Å²) in [5, 5.41) is 8.46. The van der Waals surface area contributed by atoms with E-state index in [-0.39, 0.29) is 4.90 Å². The van der Waals surface area contributed by atoms with Crippen LogP contribution in [-0.4, -0.2) is 32.2 Å². The molecule has 8 heteroatoms. The molecule has 0 bridgehead atoms. The van der Waals surface area contributed by atoms with Gasteiger partial charge in [0, 0.05) is 0 Å². The lowest BCUT2D eigenvalue weighted by Crippen LogP contribution is -2.43. The number of unbranched alkanes of at least 4 members (excludes halogenated alkanes) is 1. The van der Waals surface area contributed by atoms with Crippen LogP contribution in [0.5, 0.6) is 5.75 Å². The van der Waals surface area contributed by atoms with Gasteiger partial charge in [0.1, 0.15) is 11.8 Å². The van der Waals surface area contributed by atoms with Crippen molar-refractivity contribution in [1.82, 2.24) is 10.2 Å². The zero-order chi connectivity index (χ0) is 15.9. The van der Waals surface area contributed by atoms with Gasteiger partial charge in [-0.2, -0.15) is 4.72 Å². The Kier molecular flexibility index (Phi) is 6.60. The minimum Gasteiger partial charge on any atom is -0.494 e. The maximum atomic E-state index is 12.0.